The summed E-state index contributed by atoms with van der Waals surface area (Å²) in [7, 11) is 0. The third-order valence-electron chi connectivity index (χ3n) is 2.66. The van der Waals surface area contributed by atoms with Crippen molar-refractivity contribution in [1.82, 2.24) is 9.55 Å². The Morgan fingerprint density at radius 3 is 3.00 bits per heavy atom. The van der Waals surface area contributed by atoms with Crippen LogP contribution in [0.25, 0.3) is 11.0 Å². The molecule has 14 heavy (non-hydrogen) atoms. The van der Waals surface area contributed by atoms with Crippen LogP contribution in [0.2, 0.25) is 0 Å². The number of benzene rings is 1. The molecule has 0 saturated heterocycles. The maximum Gasteiger partial charge on any atom is 0.0960 e. The van der Waals surface area contributed by atoms with Gasteiger partial charge in [0.2, 0.25) is 0 Å². The minimum Gasteiger partial charge on any atom is -0.399 e. The van der Waals surface area contributed by atoms with E-state index in [0.29, 0.717) is 6.04 Å². The molecule has 3 nitrogen and oxygen atoms in total. The van der Waals surface area contributed by atoms with Crippen LogP contribution in [0.3, 0.4) is 0 Å². The lowest BCUT2D eigenvalue weighted by molar-refractivity contribution is 0.544. The van der Waals surface area contributed by atoms with Gasteiger partial charge in [-0.25, -0.2) is 4.98 Å². The highest BCUT2D eigenvalue weighted by Gasteiger charge is 2.07. The second kappa shape index (κ2) is 3.33. The van der Waals surface area contributed by atoms with Crippen LogP contribution in [0.5, 0.6) is 0 Å². The summed E-state index contributed by atoms with van der Waals surface area (Å²) < 4.78 is 2.17. The summed E-state index contributed by atoms with van der Waals surface area (Å²) in [6.07, 6.45) is 2.98. The summed E-state index contributed by atoms with van der Waals surface area (Å²) in [4.78, 5) is 4.34. The number of aromatic nitrogens is 2. The van der Waals surface area contributed by atoms with Crippen LogP contribution in [-0.2, 0) is 0 Å². The van der Waals surface area contributed by atoms with E-state index in [0.717, 1.165) is 23.1 Å². The highest BCUT2D eigenvalue weighted by Crippen LogP contribution is 2.21. The third-order valence-corrected chi connectivity index (χ3v) is 2.66. The van der Waals surface area contributed by atoms with Gasteiger partial charge in [0.1, 0.15) is 0 Å². The van der Waals surface area contributed by atoms with Gasteiger partial charge in [-0.1, -0.05) is 6.92 Å². The van der Waals surface area contributed by atoms with Crippen molar-refractivity contribution in [2.45, 2.75) is 26.3 Å². The minimum absolute atomic E-state index is 0.474. The Kier molecular flexibility index (Phi) is 2.15. The van der Waals surface area contributed by atoms with Crippen molar-refractivity contribution in [2.24, 2.45) is 0 Å². The van der Waals surface area contributed by atoms with Crippen molar-refractivity contribution in [3.63, 3.8) is 0 Å². The molecule has 2 rings (SSSR count). The van der Waals surface area contributed by atoms with Crippen LogP contribution in [0, 0.1) is 0 Å². The van der Waals surface area contributed by atoms with E-state index in [1.54, 1.807) is 0 Å². The van der Waals surface area contributed by atoms with Crippen LogP contribution in [0.1, 0.15) is 26.3 Å². The molecule has 0 fully saturated rings. The van der Waals surface area contributed by atoms with Crippen molar-refractivity contribution >= 4 is 16.7 Å². The molecule has 1 atom stereocenters. The topological polar surface area (TPSA) is 43.8 Å². The van der Waals surface area contributed by atoms with Gasteiger partial charge in [-0.15, -0.1) is 0 Å². The number of imidazole rings is 1. The highest BCUT2D eigenvalue weighted by molar-refractivity contribution is 5.79. The van der Waals surface area contributed by atoms with Gasteiger partial charge in [0.05, 0.1) is 17.4 Å². The SMILES string of the molecule is CC[C@@H](C)n1cnc2ccc(N)cc21. The molecule has 0 aliphatic carbocycles. The maximum atomic E-state index is 5.75. The van der Waals surface area contributed by atoms with Gasteiger partial charge in [0.25, 0.3) is 0 Å². The van der Waals surface area contributed by atoms with E-state index in [4.69, 9.17) is 5.73 Å². The van der Waals surface area contributed by atoms with Gasteiger partial charge in [-0.3, -0.25) is 0 Å². The molecule has 1 aromatic carbocycles. The molecule has 0 bridgehead atoms. The standard InChI is InChI=1S/C11H15N3/c1-3-8(2)14-7-13-10-5-4-9(12)6-11(10)14/h4-8H,3,12H2,1-2H3/t8-/m1/s1. The molecule has 0 unspecified atom stereocenters. The van der Waals surface area contributed by atoms with Gasteiger partial charge in [0, 0.05) is 11.7 Å². The molecule has 2 N–H and O–H groups in total. The fourth-order valence-corrected chi connectivity index (χ4v) is 1.59. The fourth-order valence-electron chi connectivity index (χ4n) is 1.59. The van der Waals surface area contributed by atoms with Crippen molar-refractivity contribution in [3.05, 3.63) is 24.5 Å². The Bertz CT molecular complexity index is 445. The summed E-state index contributed by atoms with van der Waals surface area (Å²) >= 11 is 0. The van der Waals surface area contributed by atoms with Gasteiger partial charge in [0.15, 0.2) is 0 Å². The molecule has 2 aromatic rings. The van der Waals surface area contributed by atoms with E-state index in [1.165, 1.54) is 0 Å². The first-order valence-electron chi connectivity index (χ1n) is 4.94. The quantitative estimate of drug-likeness (QED) is 0.738. The Labute approximate surface area is 83.6 Å². The van der Waals surface area contributed by atoms with Crippen LogP contribution in [-0.4, -0.2) is 9.55 Å². The minimum atomic E-state index is 0.474. The second-order valence-corrected chi connectivity index (χ2v) is 3.66. The molecular formula is C11H15N3. The molecule has 0 saturated carbocycles. The first-order valence-corrected chi connectivity index (χ1v) is 4.94. The number of nitrogens with two attached hydrogens (primary N) is 1. The summed E-state index contributed by atoms with van der Waals surface area (Å²) in [5, 5.41) is 0. The number of nitrogen functional groups attached to an aromatic ring is 1. The molecule has 0 aliphatic rings. The van der Waals surface area contributed by atoms with Crippen molar-refractivity contribution in [1.29, 1.82) is 0 Å². The molecule has 0 aliphatic heterocycles. The Hall–Kier alpha value is -1.51. The Balaban J connectivity index is 2.61. The molecular weight excluding hydrogens is 174 g/mol. The maximum absolute atomic E-state index is 5.75. The number of fused-ring (bicyclic) bond motifs is 1. The lowest BCUT2D eigenvalue weighted by atomic mass is 10.2. The lowest BCUT2D eigenvalue weighted by Crippen LogP contribution is -2.01. The predicted molar refractivity (Wildman–Crippen MR) is 59.1 cm³/mol. The van der Waals surface area contributed by atoms with E-state index in [1.807, 2.05) is 24.5 Å². The van der Waals surface area contributed by atoms with E-state index in [-0.39, 0.29) is 0 Å². The second-order valence-electron chi connectivity index (χ2n) is 3.66. The lowest BCUT2D eigenvalue weighted by Gasteiger charge is -2.11. The molecule has 74 valence electrons. The molecule has 1 heterocycles. The molecule has 3 heteroatoms. The zero-order valence-corrected chi connectivity index (χ0v) is 8.57. The average molecular weight is 189 g/mol. The van der Waals surface area contributed by atoms with Gasteiger partial charge in [-0.05, 0) is 31.5 Å². The van der Waals surface area contributed by atoms with Gasteiger partial charge >= 0.3 is 0 Å². The Morgan fingerprint density at radius 2 is 2.29 bits per heavy atom. The average Bonchev–Trinajstić information content (AvgIpc) is 2.59. The van der Waals surface area contributed by atoms with Crippen molar-refractivity contribution < 1.29 is 0 Å². The Morgan fingerprint density at radius 1 is 1.50 bits per heavy atom. The van der Waals surface area contributed by atoms with Gasteiger partial charge < -0.3 is 10.3 Å². The number of hydrogen-bond donors (Lipinski definition) is 1. The van der Waals surface area contributed by atoms with E-state index >= 15 is 0 Å². The first-order chi connectivity index (χ1) is 6.72. The third kappa shape index (κ3) is 1.35. The van der Waals surface area contributed by atoms with Gasteiger partial charge in [-0.2, -0.15) is 0 Å². The first kappa shape index (κ1) is 9.06. The number of rotatable bonds is 2. The molecule has 0 radical (unpaired) electrons. The van der Waals surface area contributed by atoms with Crippen LogP contribution < -0.4 is 5.73 Å². The monoisotopic (exact) mass is 189 g/mol. The normalized spacial score (nSPS) is 13.3. The molecule has 0 spiro atoms. The molecule has 0 amide bonds. The summed E-state index contributed by atoms with van der Waals surface area (Å²) in [5.74, 6) is 0. The zero-order chi connectivity index (χ0) is 10.1. The zero-order valence-electron chi connectivity index (χ0n) is 8.57. The fraction of sp³-hybridized carbons (Fsp3) is 0.364. The number of hydrogen-bond acceptors (Lipinski definition) is 2. The number of anilines is 1. The summed E-state index contributed by atoms with van der Waals surface area (Å²) in [5.41, 5.74) is 8.68. The van der Waals surface area contributed by atoms with Crippen LogP contribution in [0.4, 0.5) is 5.69 Å². The van der Waals surface area contributed by atoms with E-state index < -0.39 is 0 Å². The largest absolute Gasteiger partial charge is 0.399 e. The van der Waals surface area contributed by atoms with Crippen molar-refractivity contribution in [2.75, 3.05) is 5.73 Å². The highest BCUT2D eigenvalue weighted by atomic mass is 15.1. The number of nitrogens with zero attached hydrogens (tertiary/aromatic N) is 2. The predicted octanol–water partition coefficient (Wildman–Crippen LogP) is 2.59. The smallest absolute Gasteiger partial charge is 0.0960 e. The van der Waals surface area contributed by atoms with Crippen LogP contribution in [0.15, 0.2) is 24.5 Å². The van der Waals surface area contributed by atoms with Crippen LogP contribution >= 0.6 is 0 Å². The molecule has 1 aromatic heterocycles. The summed E-state index contributed by atoms with van der Waals surface area (Å²) in [6, 6.07) is 6.30. The summed E-state index contributed by atoms with van der Waals surface area (Å²) in [6.45, 7) is 4.35. The van der Waals surface area contributed by atoms with E-state index in [9.17, 15) is 0 Å². The van der Waals surface area contributed by atoms with E-state index in [2.05, 4.69) is 23.4 Å². The van der Waals surface area contributed by atoms with Crippen molar-refractivity contribution in [3.8, 4) is 0 Å².